The number of hydrogen-bond acceptors (Lipinski definition) is 6. The number of nitrogens with one attached hydrogen (secondary N) is 1. The molecule has 3 rings (SSSR count). The summed E-state index contributed by atoms with van der Waals surface area (Å²) in [5.74, 6) is 0.340. The summed E-state index contributed by atoms with van der Waals surface area (Å²) in [5, 5.41) is 11.9. The van der Waals surface area contributed by atoms with E-state index in [1.807, 2.05) is 26.0 Å². The number of alkyl halides is 1. The first-order chi connectivity index (χ1) is 12.9. The molecule has 0 spiro atoms. The van der Waals surface area contributed by atoms with E-state index in [0.29, 0.717) is 27.7 Å². The SMILES string of the molecule is Cc1nnc2sc(C(=O)NCc3ccc(OCC(C)F)cc3)c(N)c2c1C. The number of carbonyl (C=O) groups is 1. The molecule has 0 aliphatic heterocycles. The molecule has 2 heterocycles. The molecule has 1 amide bonds. The Kier molecular flexibility index (Phi) is 5.55. The largest absolute Gasteiger partial charge is 0.491 e. The number of thiophene rings is 1. The smallest absolute Gasteiger partial charge is 0.263 e. The number of halogens is 1. The van der Waals surface area contributed by atoms with Crippen molar-refractivity contribution in [2.45, 2.75) is 33.5 Å². The number of hydrogen-bond donors (Lipinski definition) is 2. The maximum absolute atomic E-state index is 12.8. The standard InChI is InChI=1S/C19H21FN4O2S/c1-10(20)9-26-14-6-4-13(5-7-14)8-22-18(25)17-16(21)15-11(2)12(3)23-24-19(15)27-17/h4-7,10H,8-9,21H2,1-3H3,(H,22,25). The molecule has 0 fully saturated rings. The summed E-state index contributed by atoms with van der Waals surface area (Å²) in [5.41, 5.74) is 9.26. The number of ether oxygens (including phenoxy) is 1. The molecule has 1 unspecified atom stereocenters. The Morgan fingerprint density at radius 3 is 2.67 bits per heavy atom. The summed E-state index contributed by atoms with van der Waals surface area (Å²) in [6.45, 7) is 5.59. The second-order valence-corrected chi connectivity index (χ2v) is 7.35. The first kappa shape index (κ1) is 19.0. The van der Waals surface area contributed by atoms with Gasteiger partial charge >= 0.3 is 0 Å². The minimum absolute atomic E-state index is 0.0169. The molecule has 1 aromatic carbocycles. The summed E-state index contributed by atoms with van der Waals surface area (Å²) >= 11 is 1.24. The number of aryl methyl sites for hydroxylation is 2. The number of carbonyl (C=O) groups excluding carboxylic acids is 1. The first-order valence-corrected chi connectivity index (χ1v) is 9.34. The molecule has 0 aliphatic rings. The summed E-state index contributed by atoms with van der Waals surface area (Å²) in [6, 6.07) is 7.15. The third-order valence-corrected chi connectivity index (χ3v) is 5.29. The Hall–Kier alpha value is -2.74. The topological polar surface area (TPSA) is 90.1 Å². The first-order valence-electron chi connectivity index (χ1n) is 8.52. The van der Waals surface area contributed by atoms with Gasteiger partial charge in [0.25, 0.3) is 5.91 Å². The van der Waals surface area contributed by atoms with Crippen LogP contribution in [0.3, 0.4) is 0 Å². The quantitative estimate of drug-likeness (QED) is 0.674. The molecule has 2 aromatic heterocycles. The number of fused-ring (bicyclic) bond motifs is 1. The van der Waals surface area contributed by atoms with Gasteiger partial charge in [-0.3, -0.25) is 4.79 Å². The second-order valence-electron chi connectivity index (χ2n) is 6.35. The predicted molar refractivity (Wildman–Crippen MR) is 105 cm³/mol. The summed E-state index contributed by atoms with van der Waals surface area (Å²) in [6.07, 6.45) is -1.02. The van der Waals surface area contributed by atoms with E-state index in [1.165, 1.54) is 18.3 Å². The summed E-state index contributed by atoms with van der Waals surface area (Å²) in [7, 11) is 0. The van der Waals surface area contributed by atoms with Gasteiger partial charge in [0.15, 0.2) is 0 Å². The molecule has 1 atom stereocenters. The molecule has 3 N–H and O–H groups in total. The Morgan fingerprint density at radius 2 is 2.00 bits per heavy atom. The van der Waals surface area contributed by atoms with Gasteiger partial charge in [0, 0.05) is 11.9 Å². The molecule has 0 saturated heterocycles. The summed E-state index contributed by atoms with van der Waals surface area (Å²) in [4.78, 5) is 13.6. The molecule has 142 valence electrons. The summed E-state index contributed by atoms with van der Waals surface area (Å²) < 4.78 is 18.1. The minimum atomic E-state index is -1.02. The molecule has 6 nitrogen and oxygen atoms in total. The van der Waals surface area contributed by atoms with Gasteiger partial charge in [-0.1, -0.05) is 12.1 Å². The van der Waals surface area contributed by atoms with Crippen molar-refractivity contribution in [3.8, 4) is 5.75 Å². The number of rotatable bonds is 6. The number of amides is 1. The highest BCUT2D eigenvalue weighted by Crippen LogP contribution is 2.34. The molecule has 0 radical (unpaired) electrons. The lowest BCUT2D eigenvalue weighted by Gasteiger charge is -2.08. The van der Waals surface area contributed by atoms with E-state index in [1.54, 1.807) is 12.1 Å². The van der Waals surface area contributed by atoms with Gasteiger partial charge in [-0.2, -0.15) is 5.10 Å². The number of nitrogens with zero attached hydrogens (tertiary/aromatic N) is 2. The van der Waals surface area contributed by atoms with Crippen molar-refractivity contribution in [3.05, 3.63) is 46.0 Å². The fraction of sp³-hybridized carbons (Fsp3) is 0.316. The fourth-order valence-corrected chi connectivity index (χ4v) is 3.60. The lowest BCUT2D eigenvalue weighted by atomic mass is 10.1. The zero-order valence-corrected chi connectivity index (χ0v) is 16.2. The maximum Gasteiger partial charge on any atom is 0.263 e. The second kappa shape index (κ2) is 7.87. The Labute approximate surface area is 160 Å². The van der Waals surface area contributed by atoms with E-state index in [-0.39, 0.29) is 12.5 Å². The van der Waals surface area contributed by atoms with Gasteiger partial charge in [0.2, 0.25) is 0 Å². The fourth-order valence-electron chi connectivity index (χ4n) is 2.59. The molecule has 0 aliphatic carbocycles. The Balaban J connectivity index is 1.68. The van der Waals surface area contributed by atoms with Crippen LogP contribution in [0.25, 0.3) is 10.2 Å². The van der Waals surface area contributed by atoms with Gasteiger partial charge in [0.05, 0.1) is 11.4 Å². The van der Waals surface area contributed by atoms with E-state index in [9.17, 15) is 9.18 Å². The third kappa shape index (κ3) is 4.16. The lowest BCUT2D eigenvalue weighted by Crippen LogP contribution is -2.22. The van der Waals surface area contributed by atoms with Crippen LogP contribution >= 0.6 is 11.3 Å². The van der Waals surface area contributed by atoms with Gasteiger partial charge in [-0.05, 0) is 44.0 Å². The van der Waals surface area contributed by atoms with E-state index < -0.39 is 6.17 Å². The average molecular weight is 388 g/mol. The lowest BCUT2D eigenvalue weighted by molar-refractivity contribution is 0.0956. The molecule has 3 aromatic rings. The normalized spacial score (nSPS) is 12.1. The zero-order valence-electron chi connectivity index (χ0n) is 15.4. The molecule has 0 bridgehead atoms. The van der Waals surface area contributed by atoms with Gasteiger partial charge in [0.1, 0.15) is 28.2 Å². The van der Waals surface area contributed by atoms with Crippen molar-refractivity contribution in [1.82, 2.24) is 15.5 Å². The number of aromatic nitrogens is 2. The highest BCUT2D eigenvalue weighted by Gasteiger charge is 2.19. The monoisotopic (exact) mass is 388 g/mol. The van der Waals surface area contributed by atoms with Crippen LogP contribution < -0.4 is 15.8 Å². The maximum atomic E-state index is 12.8. The highest BCUT2D eigenvalue weighted by molar-refractivity contribution is 7.21. The van der Waals surface area contributed by atoms with Crippen LogP contribution in [0.1, 0.15) is 33.4 Å². The molecular formula is C19H21FN4O2S. The van der Waals surface area contributed by atoms with Gasteiger partial charge in [-0.15, -0.1) is 16.4 Å². The van der Waals surface area contributed by atoms with E-state index in [2.05, 4.69) is 15.5 Å². The predicted octanol–water partition coefficient (Wildman–Crippen LogP) is 3.56. The molecule has 8 heteroatoms. The van der Waals surface area contributed by atoms with Crippen molar-refractivity contribution >= 4 is 33.1 Å². The Morgan fingerprint density at radius 1 is 1.30 bits per heavy atom. The van der Waals surface area contributed by atoms with Crippen molar-refractivity contribution < 1.29 is 13.9 Å². The van der Waals surface area contributed by atoms with Crippen LogP contribution in [0.4, 0.5) is 10.1 Å². The van der Waals surface area contributed by atoms with Gasteiger partial charge in [-0.25, -0.2) is 4.39 Å². The molecule has 0 saturated carbocycles. The zero-order chi connectivity index (χ0) is 19.6. The van der Waals surface area contributed by atoms with E-state index in [4.69, 9.17) is 10.5 Å². The van der Waals surface area contributed by atoms with E-state index >= 15 is 0 Å². The minimum Gasteiger partial charge on any atom is -0.491 e. The average Bonchev–Trinajstić information content (AvgIpc) is 2.99. The van der Waals surface area contributed by atoms with E-state index in [0.717, 1.165) is 22.2 Å². The van der Waals surface area contributed by atoms with Crippen LogP contribution in [0.5, 0.6) is 5.75 Å². The molecular weight excluding hydrogens is 367 g/mol. The third-order valence-electron chi connectivity index (χ3n) is 4.20. The van der Waals surface area contributed by atoms with Crippen LogP contribution in [0.2, 0.25) is 0 Å². The van der Waals surface area contributed by atoms with Crippen LogP contribution in [-0.2, 0) is 6.54 Å². The van der Waals surface area contributed by atoms with Crippen molar-refractivity contribution in [2.75, 3.05) is 12.3 Å². The van der Waals surface area contributed by atoms with Crippen molar-refractivity contribution in [1.29, 1.82) is 0 Å². The van der Waals surface area contributed by atoms with Crippen molar-refractivity contribution in [2.24, 2.45) is 0 Å². The highest BCUT2D eigenvalue weighted by atomic mass is 32.1. The Bertz CT molecular complexity index is 970. The number of benzene rings is 1. The number of nitrogens with two attached hydrogens (primary N) is 1. The van der Waals surface area contributed by atoms with Crippen LogP contribution in [0.15, 0.2) is 24.3 Å². The van der Waals surface area contributed by atoms with Crippen LogP contribution in [0, 0.1) is 13.8 Å². The van der Waals surface area contributed by atoms with Crippen LogP contribution in [-0.4, -0.2) is 28.9 Å². The molecule has 27 heavy (non-hydrogen) atoms. The number of anilines is 1. The van der Waals surface area contributed by atoms with Crippen molar-refractivity contribution in [3.63, 3.8) is 0 Å². The number of nitrogen functional groups attached to an aromatic ring is 1. The van der Waals surface area contributed by atoms with Gasteiger partial charge < -0.3 is 15.8 Å².